The zero-order valence-corrected chi connectivity index (χ0v) is 14.0. The van der Waals surface area contributed by atoms with Crippen LogP contribution in [0.25, 0.3) is 11.3 Å². The van der Waals surface area contributed by atoms with Crippen LogP contribution in [0.2, 0.25) is 0 Å². The molecule has 2 heterocycles. The number of fused-ring (bicyclic) bond motifs is 1. The molecule has 0 aliphatic carbocycles. The quantitative estimate of drug-likeness (QED) is 0.569. The zero-order chi connectivity index (χ0) is 18.3. The van der Waals surface area contributed by atoms with Crippen LogP contribution in [0.3, 0.4) is 0 Å². The van der Waals surface area contributed by atoms with Gasteiger partial charge in [0.15, 0.2) is 0 Å². The molecule has 2 aromatic carbocycles. The second-order valence-corrected chi connectivity index (χ2v) is 6.07. The van der Waals surface area contributed by atoms with Gasteiger partial charge in [-0.2, -0.15) is 0 Å². The van der Waals surface area contributed by atoms with Crippen molar-refractivity contribution in [2.45, 2.75) is 13.5 Å². The van der Waals surface area contributed by atoms with Crippen molar-refractivity contribution in [2.75, 3.05) is 0 Å². The van der Waals surface area contributed by atoms with E-state index in [0.29, 0.717) is 5.69 Å². The van der Waals surface area contributed by atoms with Crippen LogP contribution in [-0.2, 0) is 6.54 Å². The van der Waals surface area contributed by atoms with Crippen LogP contribution in [0.4, 0.5) is 4.39 Å². The van der Waals surface area contributed by atoms with Crippen molar-refractivity contribution in [3.8, 4) is 5.69 Å². The summed E-state index contributed by atoms with van der Waals surface area (Å²) in [7, 11) is 0. The van der Waals surface area contributed by atoms with Gasteiger partial charge in [-0.05, 0) is 30.7 Å². The fourth-order valence-corrected chi connectivity index (χ4v) is 2.81. The van der Waals surface area contributed by atoms with E-state index in [1.807, 2.05) is 31.2 Å². The van der Waals surface area contributed by atoms with Gasteiger partial charge in [-0.1, -0.05) is 35.9 Å². The second kappa shape index (κ2) is 6.11. The molecule has 0 bridgehead atoms. The number of aromatic nitrogens is 4. The molecule has 0 amide bonds. The smallest absolute Gasteiger partial charge is 0.279 e. The molecule has 0 spiro atoms. The van der Waals surface area contributed by atoms with Crippen LogP contribution < -0.4 is 11.2 Å². The van der Waals surface area contributed by atoms with Crippen molar-refractivity contribution < 1.29 is 4.39 Å². The highest BCUT2D eigenvalue weighted by Gasteiger charge is 2.13. The zero-order valence-electron chi connectivity index (χ0n) is 14.0. The average Bonchev–Trinajstić information content (AvgIpc) is 2.94. The summed E-state index contributed by atoms with van der Waals surface area (Å²) >= 11 is 0. The molecular formula is C19H15FN4O2. The van der Waals surface area contributed by atoms with E-state index in [0.717, 1.165) is 11.1 Å². The van der Waals surface area contributed by atoms with Crippen LogP contribution in [0.1, 0.15) is 11.1 Å². The van der Waals surface area contributed by atoms with Crippen LogP contribution in [0, 0.1) is 12.7 Å². The Labute approximate surface area is 147 Å². The van der Waals surface area contributed by atoms with Gasteiger partial charge < -0.3 is 0 Å². The van der Waals surface area contributed by atoms with E-state index < -0.39 is 17.1 Å². The Bertz CT molecular complexity index is 1220. The van der Waals surface area contributed by atoms with E-state index in [2.05, 4.69) is 5.10 Å². The molecule has 26 heavy (non-hydrogen) atoms. The number of aryl methyl sites for hydroxylation is 1. The van der Waals surface area contributed by atoms with Crippen LogP contribution in [0.15, 0.2) is 70.5 Å². The summed E-state index contributed by atoms with van der Waals surface area (Å²) in [5.74, 6) is -0.448. The maximum atomic E-state index is 13.4. The molecule has 0 unspecified atom stereocenters. The number of hydrogen-bond acceptors (Lipinski definition) is 3. The van der Waals surface area contributed by atoms with E-state index in [1.165, 1.54) is 44.2 Å². The lowest BCUT2D eigenvalue weighted by Crippen LogP contribution is -2.24. The number of rotatable bonds is 3. The largest absolute Gasteiger partial charge is 0.350 e. The Morgan fingerprint density at radius 1 is 1.04 bits per heavy atom. The molecule has 0 saturated carbocycles. The summed E-state index contributed by atoms with van der Waals surface area (Å²) < 4.78 is 17.2. The first-order valence-corrected chi connectivity index (χ1v) is 8.05. The lowest BCUT2D eigenvalue weighted by Gasteiger charge is -2.04. The van der Waals surface area contributed by atoms with Crippen LogP contribution in [0.5, 0.6) is 0 Å². The van der Waals surface area contributed by atoms with E-state index in [-0.39, 0.29) is 12.2 Å². The molecule has 4 rings (SSSR count). The van der Waals surface area contributed by atoms with Crippen molar-refractivity contribution in [1.29, 1.82) is 0 Å². The molecule has 130 valence electrons. The van der Waals surface area contributed by atoms with Crippen LogP contribution in [-0.4, -0.2) is 18.7 Å². The lowest BCUT2D eigenvalue weighted by atomic mass is 10.1. The minimum absolute atomic E-state index is 0.00567. The number of benzene rings is 2. The van der Waals surface area contributed by atoms with Gasteiger partial charge in [-0.15, -0.1) is 5.10 Å². The fraction of sp³-hybridized carbons (Fsp3) is 0.105. The first-order valence-electron chi connectivity index (χ1n) is 8.05. The molecule has 0 atom stereocenters. The van der Waals surface area contributed by atoms with Gasteiger partial charge in [-0.25, -0.2) is 18.3 Å². The average molecular weight is 350 g/mol. The molecule has 0 radical (unpaired) electrons. The maximum absolute atomic E-state index is 13.4. The number of halogens is 1. The molecule has 0 aliphatic heterocycles. The summed E-state index contributed by atoms with van der Waals surface area (Å²) in [5.41, 5.74) is 1.51. The molecule has 0 N–H and O–H groups in total. The highest BCUT2D eigenvalue weighted by atomic mass is 19.1. The summed E-state index contributed by atoms with van der Waals surface area (Å²) in [6, 6.07) is 13.4. The molecule has 4 aromatic rings. The van der Waals surface area contributed by atoms with Crippen molar-refractivity contribution in [2.24, 2.45) is 0 Å². The van der Waals surface area contributed by atoms with Crippen molar-refractivity contribution in [3.05, 3.63) is 98.7 Å². The number of nitrogens with zero attached hydrogens (tertiary/aromatic N) is 4. The van der Waals surface area contributed by atoms with Crippen molar-refractivity contribution >= 4 is 5.65 Å². The Hall–Kier alpha value is -3.48. The van der Waals surface area contributed by atoms with Gasteiger partial charge in [-0.3, -0.25) is 9.36 Å². The molecular weight excluding hydrogens is 335 g/mol. The summed E-state index contributed by atoms with van der Waals surface area (Å²) in [6.45, 7) is 2.25. The Kier molecular flexibility index (Phi) is 3.76. The van der Waals surface area contributed by atoms with Crippen LogP contribution >= 0.6 is 0 Å². The first kappa shape index (κ1) is 16.0. The molecule has 0 fully saturated rings. The van der Waals surface area contributed by atoms with Crippen molar-refractivity contribution in [3.63, 3.8) is 0 Å². The lowest BCUT2D eigenvalue weighted by molar-refractivity contribution is 0.626. The monoisotopic (exact) mass is 350 g/mol. The summed E-state index contributed by atoms with van der Waals surface area (Å²) in [4.78, 5) is 25.2. The van der Waals surface area contributed by atoms with E-state index in [4.69, 9.17) is 0 Å². The topological polar surface area (TPSA) is 61.3 Å². The highest BCUT2D eigenvalue weighted by molar-refractivity contribution is 5.40. The third-order valence-electron chi connectivity index (χ3n) is 4.18. The first-order chi connectivity index (χ1) is 12.5. The normalized spacial score (nSPS) is 11.2. The highest BCUT2D eigenvalue weighted by Crippen LogP contribution is 2.08. The van der Waals surface area contributed by atoms with Gasteiger partial charge in [0, 0.05) is 12.4 Å². The SMILES string of the molecule is Cc1ccc(Cn2nc3c(=O)n(-c4cccc(F)c4)ccn3c2=O)cc1. The summed E-state index contributed by atoms with van der Waals surface area (Å²) in [5, 5.41) is 4.18. The molecule has 7 heteroatoms. The van der Waals surface area contributed by atoms with Gasteiger partial charge in [0.1, 0.15) is 5.82 Å². The van der Waals surface area contributed by atoms with Gasteiger partial charge >= 0.3 is 11.2 Å². The predicted octanol–water partition coefficient (Wildman–Crippen LogP) is 2.14. The Morgan fingerprint density at radius 2 is 1.81 bits per heavy atom. The molecule has 2 aromatic heterocycles. The minimum Gasteiger partial charge on any atom is -0.279 e. The second-order valence-electron chi connectivity index (χ2n) is 6.07. The molecule has 6 nitrogen and oxygen atoms in total. The third-order valence-corrected chi connectivity index (χ3v) is 4.18. The Balaban J connectivity index is 1.82. The van der Waals surface area contributed by atoms with Gasteiger partial charge in [0.25, 0.3) is 0 Å². The van der Waals surface area contributed by atoms with Gasteiger partial charge in [0.2, 0.25) is 5.65 Å². The Morgan fingerprint density at radius 3 is 2.54 bits per heavy atom. The van der Waals surface area contributed by atoms with E-state index >= 15 is 0 Å². The predicted molar refractivity (Wildman–Crippen MR) is 95.3 cm³/mol. The number of hydrogen-bond donors (Lipinski definition) is 0. The molecule has 0 aliphatic rings. The summed E-state index contributed by atoms with van der Waals surface area (Å²) in [6.07, 6.45) is 2.89. The van der Waals surface area contributed by atoms with Gasteiger partial charge in [0.05, 0.1) is 12.2 Å². The van der Waals surface area contributed by atoms with E-state index in [1.54, 1.807) is 6.07 Å². The third kappa shape index (κ3) is 2.73. The minimum atomic E-state index is -0.488. The maximum Gasteiger partial charge on any atom is 0.350 e. The fourth-order valence-electron chi connectivity index (χ4n) is 2.81. The standard InChI is InChI=1S/C19H15FN4O2/c1-13-5-7-14(8-6-13)12-24-19(26)23-10-9-22(18(25)17(23)21-24)16-4-2-3-15(20)11-16/h2-11H,12H2,1H3. The van der Waals surface area contributed by atoms with Crippen molar-refractivity contribution in [1.82, 2.24) is 18.7 Å². The molecule has 0 saturated heterocycles. The van der Waals surface area contributed by atoms with E-state index in [9.17, 15) is 14.0 Å².